The monoisotopic (exact) mass is 919 g/mol. The van der Waals surface area contributed by atoms with Crippen LogP contribution in [0, 0.1) is 0 Å². The Bertz CT molecular complexity index is 3900. The molecule has 0 N–H and O–H groups in total. The van der Waals surface area contributed by atoms with Gasteiger partial charge < -0.3 is 18.1 Å². The van der Waals surface area contributed by atoms with Gasteiger partial charge in [0.25, 0.3) is 0 Å². The summed E-state index contributed by atoms with van der Waals surface area (Å²) in [6, 6.07) is 56.7. The Balaban J connectivity index is 0.985. The molecule has 0 saturated carbocycles. The second-order valence-corrected chi connectivity index (χ2v) is 19.2. The Morgan fingerprint density at radius 1 is 0.409 bits per heavy atom. The SMILES string of the molecule is CC1(C)OB(c2ccc3c4ccccc4c4cc(-c5cccc(-c6nc(-c7ccc(-c8ccccc8)cc7)nc(-c7cccc8oc9ccc(Br)cc9c78)n6)c5)cc5oc2c3c54)OC1(C)C. The number of nitrogens with zero attached hydrogens (tertiary/aromatic N) is 3. The van der Waals surface area contributed by atoms with Crippen LogP contribution in [0.25, 0.3) is 122 Å². The van der Waals surface area contributed by atoms with Crippen LogP contribution in [0.15, 0.2) is 177 Å². The van der Waals surface area contributed by atoms with Gasteiger partial charge in [-0.2, -0.15) is 0 Å². The standard InChI is InChI=1S/C57H39BBrN3O4/c1-56(2)57(3,4)66-58(65-56)45-26-25-41-39-16-8-9-17-40(39)43-29-37(30-48-50(43)51(41)52(45)64-48)35-14-10-15-36(28-35)54-60-53(34-22-20-33(21-23-34)32-12-6-5-7-13-32)61-55(62-54)42-18-11-19-47-49(42)44-31-38(59)24-27-46(44)63-47/h5-31H,1-4H3. The zero-order valence-corrected chi connectivity index (χ0v) is 38.1. The van der Waals surface area contributed by atoms with Gasteiger partial charge in [0.15, 0.2) is 17.5 Å². The molecule has 0 amide bonds. The highest BCUT2D eigenvalue weighted by Crippen LogP contribution is 2.46. The molecule has 1 aliphatic rings. The van der Waals surface area contributed by atoms with Gasteiger partial charge in [-0.25, -0.2) is 15.0 Å². The molecule has 9 heteroatoms. The molecule has 0 spiro atoms. The summed E-state index contributed by atoms with van der Waals surface area (Å²) in [6.07, 6.45) is 0. The highest BCUT2D eigenvalue weighted by Gasteiger charge is 2.52. The summed E-state index contributed by atoms with van der Waals surface area (Å²) in [5, 5.41) is 8.70. The van der Waals surface area contributed by atoms with E-state index in [2.05, 4.69) is 177 Å². The smallest absolute Gasteiger partial charge is 0.456 e. The molecule has 0 aliphatic carbocycles. The zero-order valence-electron chi connectivity index (χ0n) is 36.5. The Labute approximate surface area is 388 Å². The van der Waals surface area contributed by atoms with Crippen molar-refractivity contribution >= 4 is 93.9 Å². The van der Waals surface area contributed by atoms with E-state index in [9.17, 15) is 0 Å². The normalized spacial score (nSPS) is 14.8. The average molecular weight is 921 g/mol. The molecule has 0 unspecified atom stereocenters. The molecule has 9 aromatic carbocycles. The number of benzene rings is 9. The van der Waals surface area contributed by atoms with Crippen molar-refractivity contribution in [3.63, 3.8) is 0 Å². The Kier molecular flexibility index (Phi) is 8.57. The lowest BCUT2D eigenvalue weighted by atomic mass is 9.77. The predicted molar refractivity (Wildman–Crippen MR) is 271 cm³/mol. The fourth-order valence-electron chi connectivity index (χ4n) is 9.75. The molecule has 3 aromatic heterocycles. The molecule has 1 saturated heterocycles. The highest BCUT2D eigenvalue weighted by molar-refractivity contribution is 9.10. The molecule has 0 bridgehead atoms. The molecular weight excluding hydrogens is 881 g/mol. The summed E-state index contributed by atoms with van der Waals surface area (Å²) in [6.45, 7) is 8.32. The molecule has 13 rings (SSSR count). The summed E-state index contributed by atoms with van der Waals surface area (Å²) < 4.78 is 27.5. The van der Waals surface area contributed by atoms with Crippen LogP contribution in [-0.4, -0.2) is 33.3 Å². The quantitative estimate of drug-likeness (QED) is 0.121. The second-order valence-electron chi connectivity index (χ2n) is 18.3. The lowest BCUT2D eigenvalue weighted by molar-refractivity contribution is 0.00578. The van der Waals surface area contributed by atoms with Crippen molar-refractivity contribution in [3.8, 4) is 56.4 Å². The van der Waals surface area contributed by atoms with Crippen molar-refractivity contribution in [1.82, 2.24) is 15.0 Å². The third-order valence-electron chi connectivity index (χ3n) is 13.8. The molecule has 1 aliphatic heterocycles. The number of rotatable bonds is 6. The number of halogens is 1. The third-order valence-corrected chi connectivity index (χ3v) is 14.3. The second kappa shape index (κ2) is 14.4. The summed E-state index contributed by atoms with van der Waals surface area (Å²) in [5.41, 5.74) is 9.93. The average Bonchev–Trinajstić information content (AvgIpc) is 3.99. The molecule has 316 valence electrons. The van der Waals surface area contributed by atoms with Crippen LogP contribution >= 0.6 is 15.9 Å². The third kappa shape index (κ3) is 6.07. The molecule has 0 atom stereocenters. The van der Waals surface area contributed by atoms with Crippen molar-refractivity contribution in [1.29, 1.82) is 0 Å². The van der Waals surface area contributed by atoms with Gasteiger partial charge in [0.05, 0.1) is 11.2 Å². The number of fused-ring (bicyclic) bond motifs is 6. The number of aromatic nitrogens is 3. The van der Waals surface area contributed by atoms with Crippen LogP contribution in [0.1, 0.15) is 27.7 Å². The Hall–Kier alpha value is -7.17. The minimum Gasteiger partial charge on any atom is -0.456 e. The minimum absolute atomic E-state index is 0.493. The van der Waals surface area contributed by atoms with E-state index in [1.807, 2.05) is 30.3 Å². The molecule has 66 heavy (non-hydrogen) atoms. The van der Waals surface area contributed by atoms with Crippen LogP contribution in [0.5, 0.6) is 0 Å². The van der Waals surface area contributed by atoms with Crippen LogP contribution in [0.3, 0.4) is 0 Å². The van der Waals surface area contributed by atoms with E-state index >= 15 is 0 Å². The van der Waals surface area contributed by atoms with Gasteiger partial charge in [0.2, 0.25) is 0 Å². The van der Waals surface area contributed by atoms with E-state index < -0.39 is 18.3 Å². The van der Waals surface area contributed by atoms with E-state index in [0.717, 1.165) is 109 Å². The van der Waals surface area contributed by atoms with Gasteiger partial charge in [-0.3, -0.25) is 0 Å². The highest BCUT2D eigenvalue weighted by atomic mass is 79.9. The van der Waals surface area contributed by atoms with Gasteiger partial charge in [0, 0.05) is 48.2 Å². The lowest BCUT2D eigenvalue weighted by Crippen LogP contribution is -2.41. The zero-order chi connectivity index (χ0) is 44.5. The van der Waals surface area contributed by atoms with Gasteiger partial charge in [-0.15, -0.1) is 0 Å². The van der Waals surface area contributed by atoms with Crippen molar-refractivity contribution in [2.75, 3.05) is 0 Å². The van der Waals surface area contributed by atoms with Crippen LogP contribution in [-0.2, 0) is 9.31 Å². The molecule has 1 fully saturated rings. The lowest BCUT2D eigenvalue weighted by Gasteiger charge is -2.32. The summed E-state index contributed by atoms with van der Waals surface area (Å²) in [4.78, 5) is 15.7. The molecular formula is C57H39BBrN3O4. The van der Waals surface area contributed by atoms with Crippen LogP contribution < -0.4 is 5.46 Å². The first kappa shape index (κ1) is 39.2. The summed E-state index contributed by atoms with van der Waals surface area (Å²) >= 11 is 3.68. The van der Waals surface area contributed by atoms with Gasteiger partial charge in [-0.1, -0.05) is 137 Å². The Morgan fingerprint density at radius 3 is 1.85 bits per heavy atom. The van der Waals surface area contributed by atoms with Gasteiger partial charge in [0.1, 0.15) is 22.3 Å². The van der Waals surface area contributed by atoms with Crippen molar-refractivity contribution in [2.45, 2.75) is 38.9 Å². The largest absolute Gasteiger partial charge is 0.498 e. The van der Waals surface area contributed by atoms with E-state index in [-0.39, 0.29) is 0 Å². The number of furan rings is 2. The van der Waals surface area contributed by atoms with Gasteiger partial charge in [-0.05, 0) is 114 Å². The number of hydrogen-bond donors (Lipinski definition) is 0. The first-order valence-corrected chi connectivity index (χ1v) is 23.0. The van der Waals surface area contributed by atoms with E-state index in [1.165, 1.54) is 5.39 Å². The maximum atomic E-state index is 6.97. The van der Waals surface area contributed by atoms with E-state index in [1.54, 1.807) is 0 Å². The predicted octanol–water partition coefficient (Wildman–Crippen LogP) is 14.8. The topological polar surface area (TPSA) is 83.4 Å². The fourth-order valence-corrected chi connectivity index (χ4v) is 10.1. The fraction of sp³-hybridized carbons (Fsp3) is 0.105. The maximum Gasteiger partial charge on any atom is 0.498 e. The van der Waals surface area contributed by atoms with Crippen LogP contribution in [0.2, 0.25) is 0 Å². The molecule has 4 heterocycles. The number of hydrogen-bond acceptors (Lipinski definition) is 7. The van der Waals surface area contributed by atoms with Crippen molar-refractivity contribution < 1.29 is 18.1 Å². The molecule has 12 aromatic rings. The van der Waals surface area contributed by atoms with Crippen LogP contribution in [0.4, 0.5) is 0 Å². The van der Waals surface area contributed by atoms with Crippen molar-refractivity contribution in [2.24, 2.45) is 0 Å². The van der Waals surface area contributed by atoms with E-state index in [4.69, 9.17) is 33.1 Å². The minimum atomic E-state index is -0.570. The first-order chi connectivity index (χ1) is 32.1. The maximum absolute atomic E-state index is 6.97. The molecule has 0 radical (unpaired) electrons. The Morgan fingerprint density at radius 2 is 1.06 bits per heavy atom. The van der Waals surface area contributed by atoms with E-state index in [0.29, 0.717) is 17.5 Å². The first-order valence-electron chi connectivity index (χ1n) is 22.2. The van der Waals surface area contributed by atoms with Gasteiger partial charge >= 0.3 is 7.12 Å². The summed E-state index contributed by atoms with van der Waals surface area (Å²) in [7, 11) is -0.570. The van der Waals surface area contributed by atoms with Crippen molar-refractivity contribution in [3.05, 3.63) is 168 Å². The summed E-state index contributed by atoms with van der Waals surface area (Å²) in [5.74, 6) is 1.69. The molecule has 7 nitrogen and oxygen atoms in total.